The highest BCUT2D eigenvalue weighted by Crippen LogP contribution is 2.30. The maximum Gasteiger partial charge on any atom is 0.410 e. The van der Waals surface area contributed by atoms with Crippen LogP contribution in [0, 0.1) is 11.3 Å². The molecule has 11 heteroatoms. The van der Waals surface area contributed by atoms with Gasteiger partial charge in [0.1, 0.15) is 17.5 Å². The number of nitrogens with zero attached hydrogens (tertiary/aromatic N) is 3. The first-order valence-electron chi connectivity index (χ1n) is 15.2. The molecular formula is C34H41N3O7S. The molecule has 1 saturated heterocycles. The van der Waals surface area contributed by atoms with Crippen LogP contribution in [0.15, 0.2) is 60.7 Å². The van der Waals surface area contributed by atoms with Gasteiger partial charge in [-0.3, -0.25) is 9.10 Å². The third-order valence-electron chi connectivity index (χ3n) is 7.47. The summed E-state index contributed by atoms with van der Waals surface area (Å²) >= 11 is 0. The molecule has 1 atom stereocenters. The minimum absolute atomic E-state index is 0.0334. The number of anilines is 1. The van der Waals surface area contributed by atoms with Crippen LogP contribution >= 0.6 is 0 Å². The Labute approximate surface area is 265 Å². The quantitative estimate of drug-likeness (QED) is 0.242. The van der Waals surface area contributed by atoms with E-state index in [-0.39, 0.29) is 31.8 Å². The SMILES string of the molecule is CCOC(=O)C(CC)S(=O)(=O)N(Cc1ccc2ccc(C#N)cc2c1)c1ccc(OC2CCN(C(=O)OC(C)(C)C)CC2)cc1. The molecule has 0 saturated carbocycles. The molecular weight excluding hydrogens is 594 g/mol. The van der Waals surface area contributed by atoms with Crippen LogP contribution in [-0.2, 0) is 30.8 Å². The van der Waals surface area contributed by atoms with Crippen molar-refractivity contribution in [3.63, 3.8) is 0 Å². The van der Waals surface area contributed by atoms with Gasteiger partial charge < -0.3 is 19.1 Å². The molecule has 4 rings (SSSR count). The number of carbonyl (C=O) groups is 2. The number of hydrogen-bond acceptors (Lipinski definition) is 8. The number of ether oxygens (including phenoxy) is 3. The molecule has 1 heterocycles. The van der Waals surface area contributed by atoms with Gasteiger partial charge in [0.2, 0.25) is 10.0 Å². The van der Waals surface area contributed by atoms with Crippen LogP contribution in [0.5, 0.6) is 5.75 Å². The molecule has 1 aliphatic rings. The molecule has 3 aromatic carbocycles. The second-order valence-electron chi connectivity index (χ2n) is 12.0. The molecule has 0 spiro atoms. The van der Waals surface area contributed by atoms with E-state index >= 15 is 0 Å². The third kappa shape index (κ3) is 8.45. The summed E-state index contributed by atoms with van der Waals surface area (Å²) in [5.74, 6) is -0.223. The van der Waals surface area contributed by atoms with Gasteiger partial charge in [-0.1, -0.05) is 25.1 Å². The maximum absolute atomic E-state index is 14.0. The van der Waals surface area contributed by atoms with E-state index in [0.717, 1.165) is 10.8 Å². The van der Waals surface area contributed by atoms with Crippen molar-refractivity contribution in [1.29, 1.82) is 5.26 Å². The molecule has 0 radical (unpaired) electrons. The van der Waals surface area contributed by atoms with Crippen molar-refractivity contribution in [2.24, 2.45) is 0 Å². The van der Waals surface area contributed by atoms with E-state index in [9.17, 15) is 23.3 Å². The highest BCUT2D eigenvalue weighted by Gasteiger charge is 2.38. The predicted octanol–water partition coefficient (Wildman–Crippen LogP) is 6.17. The van der Waals surface area contributed by atoms with Crippen LogP contribution in [0.25, 0.3) is 10.8 Å². The van der Waals surface area contributed by atoms with Gasteiger partial charge in [0.15, 0.2) is 5.25 Å². The number of likely N-dealkylation sites (tertiary alicyclic amines) is 1. The van der Waals surface area contributed by atoms with Crippen molar-refractivity contribution < 1.29 is 32.2 Å². The van der Waals surface area contributed by atoms with E-state index < -0.39 is 26.8 Å². The summed E-state index contributed by atoms with van der Waals surface area (Å²) in [5.41, 5.74) is 1.01. The summed E-state index contributed by atoms with van der Waals surface area (Å²) in [7, 11) is -4.20. The van der Waals surface area contributed by atoms with E-state index in [1.54, 1.807) is 55.1 Å². The fourth-order valence-corrected chi connectivity index (χ4v) is 7.00. The lowest BCUT2D eigenvalue weighted by Gasteiger charge is -2.33. The van der Waals surface area contributed by atoms with E-state index in [1.807, 2.05) is 45.0 Å². The minimum Gasteiger partial charge on any atom is -0.490 e. The highest BCUT2D eigenvalue weighted by atomic mass is 32.2. The molecule has 1 aliphatic heterocycles. The summed E-state index contributed by atoms with van der Waals surface area (Å²) in [6.07, 6.45) is 0.864. The van der Waals surface area contributed by atoms with E-state index in [0.29, 0.717) is 48.5 Å². The first-order chi connectivity index (χ1) is 21.3. The molecule has 0 aliphatic carbocycles. The second-order valence-corrected chi connectivity index (χ2v) is 14.0. The van der Waals surface area contributed by atoms with Crippen LogP contribution < -0.4 is 9.04 Å². The average Bonchev–Trinajstić information content (AvgIpc) is 2.99. The zero-order chi connectivity index (χ0) is 32.8. The zero-order valence-corrected chi connectivity index (χ0v) is 27.3. The molecule has 0 bridgehead atoms. The lowest BCUT2D eigenvalue weighted by Crippen LogP contribution is -2.44. The van der Waals surface area contributed by atoms with Gasteiger partial charge in [-0.05, 0) is 92.9 Å². The Morgan fingerprint density at radius 2 is 1.67 bits per heavy atom. The molecule has 0 aromatic heterocycles. The Morgan fingerprint density at radius 3 is 2.27 bits per heavy atom. The number of benzene rings is 3. The average molecular weight is 636 g/mol. The first kappa shape index (κ1) is 33.6. The number of piperidine rings is 1. The van der Waals surface area contributed by atoms with Crippen molar-refractivity contribution in [3.8, 4) is 11.8 Å². The molecule has 240 valence electrons. The van der Waals surface area contributed by atoms with Crippen LogP contribution in [0.4, 0.5) is 10.5 Å². The number of amides is 1. The first-order valence-corrected chi connectivity index (χ1v) is 16.7. The summed E-state index contributed by atoms with van der Waals surface area (Å²) in [6, 6.07) is 19.8. The summed E-state index contributed by atoms with van der Waals surface area (Å²) in [4.78, 5) is 26.8. The number of rotatable bonds is 10. The largest absolute Gasteiger partial charge is 0.490 e. The Morgan fingerprint density at radius 1 is 1.00 bits per heavy atom. The zero-order valence-electron chi connectivity index (χ0n) is 26.5. The molecule has 0 N–H and O–H groups in total. The Hall–Kier alpha value is -4.30. The number of sulfonamides is 1. The topological polar surface area (TPSA) is 126 Å². The molecule has 1 fully saturated rings. The maximum atomic E-state index is 14.0. The van der Waals surface area contributed by atoms with Crippen molar-refractivity contribution >= 4 is 38.5 Å². The van der Waals surface area contributed by atoms with Crippen LogP contribution in [-0.4, -0.2) is 62.0 Å². The van der Waals surface area contributed by atoms with Crippen molar-refractivity contribution in [2.75, 3.05) is 24.0 Å². The fraction of sp³-hybridized carbons (Fsp3) is 0.441. The molecule has 1 amide bonds. The number of esters is 1. The lowest BCUT2D eigenvalue weighted by molar-refractivity contribution is -0.142. The van der Waals surface area contributed by atoms with Crippen molar-refractivity contribution in [3.05, 3.63) is 71.8 Å². The van der Waals surface area contributed by atoms with E-state index in [2.05, 4.69) is 6.07 Å². The van der Waals surface area contributed by atoms with Gasteiger partial charge in [0.05, 0.1) is 30.5 Å². The van der Waals surface area contributed by atoms with Gasteiger partial charge in [-0.15, -0.1) is 0 Å². The predicted molar refractivity (Wildman–Crippen MR) is 172 cm³/mol. The van der Waals surface area contributed by atoms with Gasteiger partial charge >= 0.3 is 12.1 Å². The molecule has 45 heavy (non-hydrogen) atoms. The fourth-order valence-electron chi connectivity index (χ4n) is 5.21. The van der Waals surface area contributed by atoms with Crippen LogP contribution in [0.3, 0.4) is 0 Å². The standard InChI is InChI=1S/C34H41N3O7S/c1-6-31(32(38)42-7-2)45(40,41)37(23-25-9-11-26-10-8-24(22-35)20-27(26)21-25)28-12-14-29(15-13-28)43-30-16-18-36(19-17-30)33(39)44-34(3,4)5/h8-15,20-21,30-31H,6-7,16-19,23H2,1-5H3. The minimum atomic E-state index is -4.20. The molecule has 1 unspecified atom stereocenters. The number of carbonyl (C=O) groups excluding carboxylic acids is 2. The van der Waals surface area contributed by atoms with Gasteiger partial charge in [0, 0.05) is 25.9 Å². The van der Waals surface area contributed by atoms with Crippen LogP contribution in [0.2, 0.25) is 0 Å². The van der Waals surface area contributed by atoms with Crippen molar-refractivity contribution in [2.45, 2.75) is 77.4 Å². The summed E-state index contributed by atoms with van der Waals surface area (Å²) in [6.45, 7) is 9.85. The van der Waals surface area contributed by atoms with E-state index in [4.69, 9.17) is 14.2 Å². The number of fused-ring (bicyclic) bond motifs is 1. The van der Waals surface area contributed by atoms with Crippen LogP contribution in [0.1, 0.15) is 65.0 Å². The summed E-state index contributed by atoms with van der Waals surface area (Å²) < 4.78 is 46.1. The second kappa shape index (κ2) is 14.2. The van der Waals surface area contributed by atoms with Gasteiger partial charge in [0.25, 0.3) is 0 Å². The highest BCUT2D eigenvalue weighted by molar-refractivity contribution is 7.94. The Bertz CT molecular complexity index is 1650. The Balaban J connectivity index is 1.56. The normalized spacial score (nSPS) is 14.8. The smallest absolute Gasteiger partial charge is 0.410 e. The Kier molecular flexibility index (Phi) is 10.6. The third-order valence-corrected chi connectivity index (χ3v) is 9.67. The number of nitriles is 1. The lowest BCUT2D eigenvalue weighted by atomic mass is 10.0. The molecule has 10 nitrogen and oxygen atoms in total. The molecule has 3 aromatic rings. The monoisotopic (exact) mass is 635 g/mol. The van der Waals surface area contributed by atoms with Gasteiger partial charge in [-0.25, -0.2) is 13.2 Å². The number of hydrogen-bond donors (Lipinski definition) is 0. The van der Waals surface area contributed by atoms with Gasteiger partial charge in [-0.2, -0.15) is 5.26 Å². The summed E-state index contributed by atoms with van der Waals surface area (Å²) in [5, 5.41) is 9.68. The van der Waals surface area contributed by atoms with Crippen molar-refractivity contribution in [1.82, 2.24) is 4.90 Å². The van der Waals surface area contributed by atoms with E-state index in [1.165, 1.54) is 4.31 Å².